The van der Waals surface area contributed by atoms with Crippen molar-refractivity contribution in [2.75, 3.05) is 46.7 Å². The Morgan fingerprint density at radius 1 is 1.22 bits per heavy atom. The van der Waals surface area contributed by atoms with Gasteiger partial charge in [0.15, 0.2) is 0 Å². The Hall–Kier alpha value is -0.300. The van der Waals surface area contributed by atoms with Crippen molar-refractivity contribution in [3.8, 4) is 0 Å². The maximum Gasteiger partial charge on any atom is 0.397 e. The lowest BCUT2D eigenvalue weighted by atomic mass is 10.5. The van der Waals surface area contributed by atoms with Gasteiger partial charge in [-0.1, -0.05) is 0 Å². The standard InChI is InChI=1S/C6H16N2O3S.CH4O4S/c1-7-12(10,11)6-4-8(2)3-5-9;1-5-6(2,3)4/h7,9H,3-6H2,1-2H3;1H3,(H,2,3,4). The Kier molecular flexibility index (Phi) is 10.7. The van der Waals surface area contributed by atoms with Crippen molar-refractivity contribution >= 4 is 20.4 Å². The zero-order chi connectivity index (χ0) is 14.8. The summed E-state index contributed by atoms with van der Waals surface area (Å²) in [6, 6.07) is 0. The van der Waals surface area contributed by atoms with Gasteiger partial charge in [-0.25, -0.2) is 13.1 Å². The quantitative estimate of drug-likeness (QED) is 0.455. The largest absolute Gasteiger partial charge is 0.397 e. The molecule has 0 fully saturated rings. The molecule has 0 saturated carbocycles. The molecule has 0 aromatic rings. The van der Waals surface area contributed by atoms with E-state index in [0.717, 1.165) is 7.11 Å². The van der Waals surface area contributed by atoms with Crippen LogP contribution in [0.2, 0.25) is 0 Å². The summed E-state index contributed by atoms with van der Waals surface area (Å²) in [5.74, 6) is 0.0694. The van der Waals surface area contributed by atoms with E-state index in [4.69, 9.17) is 9.66 Å². The van der Waals surface area contributed by atoms with Crippen LogP contribution in [-0.2, 0) is 24.6 Å². The fraction of sp³-hybridized carbons (Fsp3) is 1.00. The second-order valence-electron chi connectivity index (χ2n) is 3.14. The van der Waals surface area contributed by atoms with Crippen LogP contribution in [0.15, 0.2) is 0 Å². The molecule has 11 heteroatoms. The highest BCUT2D eigenvalue weighted by Crippen LogP contribution is 1.86. The zero-order valence-corrected chi connectivity index (χ0v) is 12.2. The van der Waals surface area contributed by atoms with Crippen LogP contribution < -0.4 is 4.72 Å². The lowest BCUT2D eigenvalue weighted by Crippen LogP contribution is -2.32. The molecule has 0 aliphatic rings. The summed E-state index contributed by atoms with van der Waals surface area (Å²) in [5, 5.41) is 8.52. The average molecular weight is 308 g/mol. The average Bonchev–Trinajstić information content (AvgIpc) is 2.27. The molecular weight excluding hydrogens is 288 g/mol. The molecule has 112 valence electrons. The number of hydrogen-bond acceptors (Lipinski definition) is 7. The number of likely N-dealkylation sites (N-methyl/N-ethyl adjacent to an activating group) is 1. The highest BCUT2D eigenvalue weighted by molar-refractivity contribution is 7.89. The van der Waals surface area contributed by atoms with Gasteiger partial charge in [-0.15, -0.1) is 0 Å². The van der Waals surface area contributed by atoms with Crippen LogP contribution in [0.25, 0.3) is 0 Å². The highest BCUT2D eigenvalue weighted by atomic mass is 32.3. The van der Waals surface area contributed by atoms with Crippen LogP contribution in [0.4, 0.5) is 0 Å². The van der Waals surface area contributed by atoms with Crippen molar-refractivity contribution < 1.29 is 30.7 Å². The maximum absolute atomic E-state index is 10.9. The minimum atomic E-state index is -4.16. The topological polar surface area (TPSA) is 133 Å². The van der Waals surface area contributed by atoms with E-state index in [1.54, 1.807) is 11.9 Å². The Balaban J connectivity index is 0. The Labute approximate surface area is 108 Å². The van der Waals surface area contributed by atoms with Crippen molar-refractivity contribution in [3.63, 3.8) is 0 Å². The van der Waals surface area contributed by atoms with Crippen molar-refractivity contribution in [2.45, 2.75) is 0 Å². The molecule has 0 aromatic carbocycles. The third-order valence-corrected chi connectivity index (χ3v) is 3.51. The highest BCUT2D eigenvalue weighted by Gasteiger charge is 2.07. The van der Waals surface area contributed by atoms with Gasteiger partial charge in [0.1, 0.15) is 0 Å². The molecule has 0 bridgehead atoms. The summed E-state index contributed by atoms with van der Waals surface area (Å²) in [6.45, 7) is 0.985. The van der Waals surface area contributed by atoms with Gasteiger partial charge in [0, 0.05) is 13.1 Å². The fourth-order valence-corrected chi connectivity index (χ4v) is 1.42. The number of aliphatic hydroxyl groups is 1. The van der Waals surface area contributed by atoms with Crippen molar-refractivity contribution in [3.05, 3.63) is 0 Å². The lowest BCUT2D eigenvalue weighted by molar-refractivity contribution is 0.227. The third-order valence-electron chi connectivity index (χ3n) is 1.75. The molecule has 0 aromatic heterocycles. The van der Waals surface area contributed by atoms with E-state index in [2.05, 4.69) is 8.91 Å². The summed E-state index contributed by atoms with van der Waals surface area (Å²) in [6.07, 6.45) is 0. The van der Waals surface area contributed by atoms with Gasteiger partial charge in [-0.3, -0.25) is 8.74 Å². The molecule has 0 heterocycles. The molecule has 0 atom stereocenters. The molecule has 3 N–H and O–H groups in total. The molecule has 0 aliphatic heterocycles. The van der Waals surface area contributed by atoms with Crippen LogP contribution in [0.5, 0.6) is 0 Å². The molecule has 0 unspecified atom stereocenters. The van der Waals surface area contributed by atoms with Gasteiger partial charge in [0.25, 0.3) is 0 Å². The van der Waals surface area contributed by atoms with Crippen LogP contribution in [0, 0.1) is 0 Å². The molecule has 0 spiro atoms. The predicted molar refractivity (Wildman–Crippen MR) is 66.0 cm³/mol. The number of sulfonamides is 1. The van der Waals surface area contributed by atoms with Crippen molar-refractivity contribution in [1.82, 2.24) is 9.62 Å². The molecule has 18 heavy (non-hydrogen) atoms. The van der Waals surface area contributed by atoms with Crippen LogP contribution in [-0.4, -0.2) is 78.0 Å². The number of nitrogens with one attached hydrogen (secondary N) is 1. The van der Waals surface area contributed by atoms with E-state index in [-0.39, 0.29) is 12.4 Å². The number of hydrogen-bond donors (Lipinski definition) is 3. The Bertz CT molecular complexity index is 392. The minimum absolute atomic E-state index is 0.0517. The summed E-state index contributed by atoms with van der Waals surface area (Å²) < 4.78 is 53.7. The Morgan fingerprint density at radius 3 is 1.94 bits per heavy atom. The maximum atomic E-state index is 10.9. The van der Waals surface area contributed by atoms with Gasteiger partial charge >= 0.3 is 10.4 Å². The van der Waals surface area contributed by atoms with E-state index in [1.807, 2.05) is 0 Å². The second-order valence-corrected chi connectivity index (χ2v) is 6.38. The third kappa shape index (κ3) is 15.7. The summed E-state index contributed by atoms with van der Waals surface area (Å²) in [5.41, 5.74) is 0. The molecule has 0 rings (SSSR count). The Morgan fingerprint density at radius 2 is 1.67 bits per heavy atom. The van der Waals surface area contributed by atoms with Gasteiger partial charge in [0.2, 0.25) is 10.0 Å². The zero-order valence-electron chi connectivity index (χ0n) is 10.5. The SMILES string of the molecule is CNS(=O)(=O)CCN(C)CCO.COS(=O)(=O)O. The smallest absolute Gasteiger partial charge is 0.395 e. The van der Waals surface area contributed by atoms with E-state index < -0.39 is 20.4 Å². The van der Waals surface area contributed by atoms with E-state index >= 15 is 0 Å². The van der Waals surface area contributed by atoms with Gasteiger partial charge in [-0.2, -0.15) is 8.42 Å². The van der Waals surface area contributed by atoms with Crippen molar-refractivity contribution in [2.24, 2.45) is 0 Å². The van der Waals surface area contributed by atoms with Crippen LogP contribution >= 0.6 is 0 Å². The van der Waals surface area contributed by atoms with Crippen LogP contribution in [0.3, 0.4) is 0 Å². The first-order chi connectivity index (χ1) is 8.08. The van der Waals surface area contributed by atoms with Gasteiger partial charge in [0.05, 0.1) is 19.5 Å². The first-order valence-corrected chi connectivity index (χ1v) is 7.83. The van der Waals surface area contributed by atoms with E-state index in [9.17, 15) is 16.8 Å². The van der Waals surface area contributed by atoms with E-state index in [0.29, 0.717) is 13.1 Å². The monoisotopic (exact) mass is 308 g/mol. The van der Waals surface area contributed by atoms with Crippen molar-refractivity contribution in [1.29, 1.82) is 0 Å². The molecule has 0 radical (unpaired) electrons. The predicted octanol–water partition coefficient (Wildman–Crippen LogP) is -2.10. The van der Waals surface area contributed by atoms with Crippen LogP contribution in [0.1, 0.15) is 0 Å². The molecule has 0 aliphatic carbocycles. The summed E-state index contributed by atoms with van der Waals surface area (Å²) in [4.78, 5) is 1.76. The number of rotatable bonds is 7. The van der Waals surface area contributed by atoms with Gasteiger partial charge < -0.3 is 10.0 Å². The van der Waals surface area contributed by atoms with E-state index in [1.165, 1.54) is 7.05 Å². The fourth-order valence-electron chi connectivity index (χ4n) is 0.661. The summed E-state index contributed by atoms with van der Waals surface area (Å²) >= 11 is 0. The second kappa shape index (κ2) is 9.61. The van der Waals surface area contributed by atoms with Gasteiger partial charge in [-0.05, 0) is 14.1 Å². The first kappa shape index (κ1) is 20.0. The lowest BCUT2D eigenvalue weighted by Gasteiger charge is -2.14. The summed E-state index contributed by atoms with van der Waals surface area (Å²) in [7, 11) is -3.24. The number of aliphatic hydroxyl groups excluding tert-OH is 1. The number of nitrogens with zero attached hydrogens (tertiary/aromatic N) is 1. The normalized spacial score (nSPS) is 12.1. The minimum Gasteiger partial charge on any atom is -0.395 e. The molecule has 0 amide bonds. The first-order valence-electron chi connectivity index (χ1n) is 4.81. The molecule has 9 nitrogen and oxygen atoms in total. The molecule has 0 saturated heterocycles. The molecular formula is C7H20N2O7S2.